The maximum Gasteiger partial charge on any atom is 0.0690 e. The molecular formula is C6H13NO. The Hall–Kier alpha value is -0.0800. The van der Waals surface area contributed by atoms with Crippen LogP contribution in [0.15, 0.2) is 0 Å². The Labute approximate surface area is 49.9 Å². The number of aliphatic hydroxyl groups is 1. The predicted molar refractivity (Wildman–Crippen MR) is 32.7 cm³/mol. The van der Waals surface area contributed by atoms with Crippen molar-refractivity contribution in [3.8, 4) is 0 Å². The molecule has 0 radical (unpaired) electrons. The molecule has 1 rings (SSSR count). The van der Waals surface area contributed by atoms with Gasteiger partial charge in [0.05, 0.1) is 6.10 Å². The third kappa shape index (κ3) is 1.20. The zero-order valence-corrected chi connectivity index (χ0v) is 5.22. The Morgan fingerprint density at radius 3 is 2.75 bits per heavy atom. The first-order valence-electron chi connectivity index (χ1n) is 3.19. The van der Waals surface area contributed by atoms with E-state index in [-0.39, 0.29) is 6.10 Å². The van der Waals surface area contributed by atoms with Gasteiger partial charge in [-0.3, -0.25) is 0 Å². The van der Waals surface area contributed by atoms with E-state index < -0.39 is 0 Å². The summed E-state index contributed by atoms with van der Waals surface area (Å²) < 4.78 is 0. The number of β-amino-alcohol motifs (C(OH)–C–C–N with tert-alkyl or cyclic N) is 1. The second-order valence-corrected chi connectivity index (χ2v) is 2.54. The summed E-state index contributed by atoms with van der Waals surface area (Å²) in [5.74, 6) is 0.497. The molecule has 48 valence electrons. The summed E-state index contributed by atoms with van der Waals surface area (Å²) >= 11 is 0. The van der Waals surface area contributed by atoms with Crippen molar-refractivity contribution in [2.75, 3.05) is 13.1 Å². The number of aliphatic hydroxyl groups excluding tert-OH is 1. The van der Waals surface area contributed by atoms with Crippen LogP contribution in [0.3, 0.4) is 0 Å². The van der Waals surface area contributed by atoms with E-state index in [2.05, 4.69) is 12.2 Å². The topological polar surface area (TPSA) is 32.3 Å². The van der Waals surface area contributed by atoms with Crippen LogP contribution in [0, 0.1) is 5.92 Å². The Bertz CT molecular complexity index is 64.9. The van der Waals surface area contributed by atoms with Gasteiger partial charge >= 0.3 is 0 Å². The van der Waals surface area contributed by atoms with Crippen LogP contribution in [0.25, 0.3) is 0 Å². The monoisotopic (exact) mass is 115 g/mol. The minimum Gasteiger partial charge on any atom is -0.392 e. The van der Waals surface area contributed by atoms with E-state index in [9.17, 15) is 0 Å². The molecule has 1 heterocycles. The van der Waals surface area contributed by atoms with Gasteiger partial charge < -0.3 is 10.4 Å². The molecule has 2 atom stereocenters. The second-order valence-electron chi connectivity index (χ2n) is 2.54. The molecule has 8 heavy (non-hydrogen) atoms. The average Bonchev–Trinajstić information content (AvgIpc) is 1.77. The van der Waals surface area contributed by atoms with Gasteiger partial charge in [0.1, 0.15) is 0 Å². The number of nitrogens with one attached hydrogen (secondary N) is 1. The largest absolute Gasteiger partial charge is 0.392 e. The van der Waals surface area contributed by atoms with E-state index >= 15 is 0 Å². The first-order valence-corrected chi connectivity index (χ1v) is 3.19. The molecule has 1 saturated heterocycles. The van der Waals surface area contributed by atoms with Crippen molar-refractivity contribution < 1.29 is 5.11 Å². The van der Waals surface area contributed by atoms with Crippen LogP contribution in [0.1, 0.15) is 13.3 Å². The first kappa shape index (κ1) is 6.05. The fourth-order valence-electron chi connectivity index (χ4n) is 0.973. The Kier molecular flexibility index (Phi) is 1.86. The van der Waals surface area contributed by atoms with Crippen LogP contribution in [0.5, 0.6) is 0 Å². The highest BCUT2D eigenvalue weighted by Crippen LogP contribution is 2.09. The van der Waals surface area contributed by atoms with Crippen LogP contribution in [0.2, 0.25) is 0 Å². The van der Waals surface area contributed by atoms with Gasteiger partial charge in [-0.1, -0.05) is 6.92 Å². The zero-order chi connectivity index (χ0) is 5.98. The van der Waals surface area contributed by atoms with Crippen molar-refractivity contribution in [3.63, 3.8) is 0 Å². The molecule has 1 fully saturated rings. The van der Waals surface area contributed by atoms with Gasteiger partial charge in [-0.2, -0.15) is 0 Å². The van der Waals surface area contributed by atoms with Gasteiger partial charge in [0.25, 0.3) is 0 Å². The predicted octanol–water partition coefficient (Wildman–Crippen LogP) is -0.0233. The van der Waals surface area contributed by atoms with Crippen LogP contribution in [-0.2, 0) is 0 Å². The minimum absolute atomic E-state index is 0.108. The lowest BCUT2D eigenvalue weighted by Gasteiger charge is -2.24. The van der Waals surface area contributed by atoms with E-state index in [1.54, 1.807) is 0 Å². The normalized spacial score (nSPS) is 39.8. The highest BCUT2D eigenvalue weighted by molar-refractivity contribution is 4.72. The van der Waals surface area contributed by atoms with Gasteiger partial charge in [-0.25, -0.2) is 0 Å². The molecule has 2 N–H and O–H groups in total. The van der Waals surface area contributed by atoms with Gasteiger partial charge in [-0.05, 0) is 18.9 Å². The summed E-state index contributed by atoms with van der Waals surface area (Å²) in [6.07, 6.45) is 1.00. The number of hydrogen-bond acceptors (Lipinski definition) is 2. The highest BCUT2D eigenvalue weighted by Gasteiger charge is 2.16. The molecule has 0 aromatic heterocycles. The van der Waals surface area contributed by atoms with Crippen LogP contribution in [0.4, 0.5) is 0 Å². The molecule has 0 amide bonds. The van der Waals surface area contributed by atoms with E-state index in [0.29, 0.717) is 5.92 Å². The molecule has 1 aliphatic heterocycles. The Morgan fingerprint density at radius 1 is 1.62 bits per heavy atom. The lowest BCUT2D eigenvalue weighted by atomic mass is 9.98. The standard InChI is InChI=1S/C6H13NO/c1-5-2-3-7-4-6(5)8/h5-8H,2-4H2,1H3/t5?,6-/m1/s1. The molecule has 0 bridgehead atoms. The SMILES string of the molecule is CC1CCNC[C@H]1O. The van der Waals surface area contributed by atoms with Crippen molar-refractivity contribution >= 4 is 0 Å². The fourth-order valence-corrected chi connectivity index (χ4v) is 0.973. The maximum atomic E-state index is 9.12. The Morgan fingerprint density at radius 2 is 2.38 bits per heavy atom. The first-order chi connectivity index (χ1) is 3.80. The molecule has 1 aliphatic rings. The van der Waals surface area contributed by atoms with E-state index in [4.69, 9.17) is 5.11 Å². The van der Waals surface area contributed by atoms with Gasteiger partial charge in [0, 0.05) is 6.54 Å². The third-order valence-corrected chi connectivity index (χ3v) is 1.79. The summed E-state index contributed by atoms with van der Waals surface area (Å²) in [5, 5.41) is 12.2. The molecule has 2 heteroatoms. The van der Waals surface area contributed by atoms with Crippen LogP contribution in [-0.4, -0.2) is 24.3 Å². The van der Waals surface area contributed by atoms with Crippen molar-refractivity contribution in [1.29, 1.82) is 0 Å². The van der Waals surface area contributed by atoms with Crippen molar-refractivity contribution in [1.82, 2.24) is 5.32 Å². The number of piperidine rings is 1. The van der Waals surface area contributed by atoms with Gasteiger partial charge in [-0.15, -0.1) is 0 Å². The second kappa shape index (κ2) is 2.46. The molecule has 2 nitrogen and oxygen atoms in total. The zero-order valence-electron chi connectivity index (χ0n) is 5.22. The molecule has 0 aromatic rings. The summed E-state index contributed by atoms with van der Waals surface area (Å²) in [6, 6.07) is 0. The average molecular weight is 115 g/mol. The lowest BCUT2D eigenvalue weighted by Crippen LogP contribution is -2.39. The summed E-state index contributed by atoms with van der Waals surface area (Å²) in [4.78, 5) is 0. The molecule has 0 aliphatic carbocycles. The van der Waals surface area contributed by atoms with Crippen LogP contribution < -0.4 is 5.32 Å². The lowest BCUT2D eigenvalue weighted by molar-refractivity contribution is 0.0915. The minimum atomic E-state index is -0.108. The smallest absolute Gasteiger partial charge is 0.0690 e. The highest BCUT2D eigenvalue weighted by atomic mass is 16.3. The molecular weight excluding hydrogens is 102 g/mol. The molecule has 0 aromatic carbocycles. The van der Waals surface area contributed by atoms with E-state index in [0.717, 1.165) is 19.5 Å². The molecule has 1 unspecified atom stereocenters. The summed E-state index contributed by atoms with van der Waals surface area (Å²) in [6.45, 7) is 3.94. The van der Waals surface area contributed by atoms with E-state index in [1.165, 1.54) is 0 Å². The summed E-state index contributed by atoms with van der Waals surface area (Å²) in [5.41, 5.74) is 0. The fraction of sp³-hybridized carbons (Fsp3) is 1.00. The van der Waals surface area contributed by atoms with Crippen molar-refractivity contribution in [3.05, 3.63) is 0 Å². The van der Waals surface area contributed by atoms with Crippen molar-refractivity contribution in [2.24, 2.45) is 5.92 Å². The van der Waals surface area contributed by atoms with E-state index in [1.807, 2.05) is 0 Å². The van der Waals surface area contributed by atoms with Crippen LogP contribution >= 0.6 is 0 Å². The number of rotatable bonds is 0. The van der Waals surface area contributed by atoms with Gasteiger partial charge in [0.2, 0.25) is 0 Å². The summed E-state index contributed by atoms with van der Waals surface area (Å²) in [7, 11) is 0. The quantitative estimate of drug-likeness (QED) is 0.465. The molecule has 0 spiro atoms. The molecule has 0 saturated carbocycles. The third-order valence-electron chi connectivity index (χ3n) is 1.79. The Balaban J connectivity index is 2.28. The maximum absolute atomic E-state index is 9.12. The van der Waals surface area contributed by atoms with Crippen molar-refractivity contribution in [2.45, 2.75) is 19.4 Å². The van der Waals surface area contributed by atoms with Gasteiger partial charge in [0.15, 0.2) is 0 Å². The number of hydrogen-bond donors (Lipinski definition) is 2.